The fraction of sp³-hybridized carbons (Fsp3) is 0.463. The fourth-order valence-corrected chi connectivity index (χ4v) is 6.19. The Morgan fingerprint density at radius 2 is 0.474 bits per heavy atom. The van der Waals surface area contributed by atoms with E-state index in [0.29, 0.717) is 0 Å². The van der Waals surface area contributed by atoms with Crippen LogP contribution in [0.15, 0.2) is 122 Å². The van der Waals surface area contributed by atoms with Gasteiger partial charge in [0.25, 0.3) is 0 Å². The van der Waals surface area contributed by atoms with E-state index >= 15 is 0 Å². The molecule has 0 saturated carbocycles. The highest BCUT2D eigenvalue weighted by Gasteiger charge is 1.96. The Labute approximate surface area is 591 Å². The average Bonchev–Trinajstić information content (AvgIpc) is 2.51. The quantitative estimate of drug-likeness (QED) is 0.138. The maximum Gasteiger partial charge on any atom is 0.148 e. The minimum atomic E-state index is 0.734. The zero-order valence-electron chi connectivity index (χ0n) is 67.6. The van der Waals surface area contributed by atoms with Crippen LogP contribution in [0.2, 0.25) is 0 Å². The molecule has 0 atom stereocenters. The molecule has 0 aliphatic rings. The molecule has 0 unspecified atom stereocenters. The molecule has 10 rings (SSSR count). The number of hydrogen-bond donors (Lipinski definition) is 0. The van der Waals surface area contributed by atoms with Crippen molar-refractivity contribution in [2.75, 3.05) is 0 Å². The van der Waals surface area contributed by atoms with Crippen molar-refractivity contribution in [2.45, 2.75) is 256 Å². The third-order valence-corrected chi connectivity index (χ3v) is 10.8. The van der Waals surface area contributed by atoms with Gasteiger partial charge in [-0.05, 0) is 230 Å². The van der Waals surface area contributed by atoms with Crippen molar-refractivity contribution in [3.8, 4) is 0 Å². The largest absolute Gasteiger partial charge is 0.264 e. The minimum Gasteiger partial charge on any atom is -0.264 e. The van der Waals surface area contributed by atoms with Crippen molar-refractivity contribution in [3.05, 3.63) is 253 Å². The smallest absolute Gasteiger partial charge is 0.148 e. The van der Waals surface area contributed by atoms with Crippen molar-refractivity contribution in [3.63, 3.8) is 0 Å². The summed E-state index contributed by atoms with van der Waals surface area (Å²) in [4.78, 5) is 36.6. The summed E-state index contributed by atoms with van der Waals surface area (Å²) in [6.07, 6.45) is 10.9. The van der Waals surface area contributed by atoms with Gasteiger partial charge in [-0.1, -0.05) is 144 Å². The second-order valence-corrected chi connectivity index (χ2v) is 19.8. The molecule has 0 radical (unpaired) electrons. The van der Waals surface area contributed by atoms with Crippen molar-refractivity contribution in [1.29, 1.82) is 0 Å². The normalized spacial score (nSPS) is 8.46. The first-order valence-electron chi connectivity index (χ1n) is 34.2. The van der Waals surface area contributed by atoms with Crippen LogP contribution < -0.4 is 0 Å². The van der Waals surface area contributed by atoms with Crippen molar-refractivity contribution in [2.24, 2.45) is 0 Å². The lowest BCUT2D eigenvalue weighted by atomic mass is 10.2. The van der Waals surface area contributed by atoms with Gasteiger partial charge in [0, 0.05) is 60.0 Å². The number of aryl methyl sites for hydroxylation is 23. The Balaban J connectivity index is -0.000000182. The summed E-state index contributed by atoms with van der Waals surface area (Å²) < 4.78 is 0. The SMILES string of the molecule is CC.CC.CC.CC.CC.CC.CC.Cc1ccc(C)nn1.Cc1cccc(C)c1.Cc1cccc(C)n1.Cc1ccnc(C)c1.Cc1ccnc(C)c1.Cc1cnc(C)cn1.Cc1cncc(C)c1.Cc1nnc(C)c(C)n1.Cc1nnc(C)c(C)n1.Cc1nnc(C)c(C)n1. The first-order chi connectivity index (χ1) is 46.1. The molecule has 10 aromatic rings. The van der Waals surface area contributed by atoms with Gasteiger partial charge in [0.2, 0.25) is 0 Å². The van der Waals surface area contributed by atoms with Crippen molar-refractivity contribution < 1.29 is 0 Å². The molecule has 0 N–H and O–H groups in total. The van der Waals surface area contributed by atoms with Gasteiger partial charge in [0.05, 0.1) is 56.9 Å². The van der Waals surface area contributed by atoms with Crippen molar-refractivity contribution >= 4 is 0 Å². The highest BCUT2D eigenvalue weighted by atomic mass is 15.2. The lowest BCUT2D eigenvalue weighted by molar-refractivity contribution is 0.848. The average molecular weight is 1330 g/mol. The summed E-state index contributed by atoms with van der Waals surface area (Å²) in [6, 6.07) is 28.5. The van der Waals surface area contributed by atoms with E-state index in [1.165, 1.54) is 33.4 Å². The molecule has 0 bridgehead atoms. The highest BCUT2D eigenvalue weighted by molar-refractivity contribution is 5.20. The molecule has 0 fully saturated rings. The Bertz CT molecular complexity index is 2870. The Hall–Kier alpha value is -8.99. The van der Waals surface area contributed by atoms with Crippen LogP contribution in [-0.2, 0) is 0 Å². The van der Waals surface area contributed by atoms with Crippen LogP contribution in [0.4, 0.5) is 0 Å². The van der Waals surface area contributed by atoms with Crippen LogP contribution in [0.25, 0.3) is 0 Å². The number of aromatic nitrogens is 17. The van der Waals surface area contributed by atoms with Gasteiger partial charge < -0.3 is 0 Å². The van der Waals surface area contributed by atoms with Gasteiger partial charge in [-0.15, -0.1) is 15.3 Å². The maximum absolute atomic E-state index is 4.17. The fourth-order valence-electron chi connectivity index (χ4n) is 6.19. The summed E-state index contributed by atoms with van der Waals surface area (Å²) in [6.45, 7) is 73.1. The third kappa shape index (κ3) is 62.9. The lowest BCUT2D eigenvalue weighted by Gasteiger charge is -1.94. The topological polar surface area (TPSA) is 219 Å². The minimum absolute atomic E-state index is 0.734. The summed E-state index contributed by atoms with van der Waals surface area (Å²) in [5.74, 6) is 2.20. The van der Waals surface area contributed by atoms with Crippen LogP contribution in [0, 0.1) is 159 Å². The zero-order chi connectivity index (χ0) is 76.4. The van der Waals surface area contributed by atoms with Gasteiger partial charge >= 0.3 is 0 Å². The van der Waals surface area contributed by atoms with E-state index in [9.17, 15) is 0 Å². The van der Waals surface area contributed by atoms with Crippen LogP contribution in [0.5, 0.6) is 0 Å². The molecule has 0 amide bonds. The van der Waals surface area contributed by atoms with E-state index in [-0.39, 0.29) is 0 Å². The van der Waals surface area contributed by atoms with E-state index in [1.807, 2.05) is 296 Å². The maximum atomic E-state index is 4.17. The van der Waals surface area contributed by atoms with E-state index < -0.39 is 0 Å². The summed E-state index contributed by atoms with van der Waals surface area (Å²) in [5.41, 5.74) is 21.5. The van der Waals surface area contributed by atoms with Crippen LogP contribution in [0.3, 0.4) is 0 Å². The molecular formula is C80H131N17. The first kappa shape index (κ1) is 102. The number of rotatable bonds is 0. The van der Waals surface area contributed by atoms with Gasteiger partial charge in [-0.25, -0.2) is 15.0 Å². The number of nitrogens with zero attached hydrogens (tertiary/aromatic N) is 17. The molecule has 17 heteroatoms. The van der Waals surface area contributed by atoms with E-state index in [4.69, 9.17) is 0 Å². The highest BCUT2D eigenvalue weighted by Crippen LogP contribution is 2.02. The molecule has 17 nitrogen and oxygen atoms in total. The monoisotopic (exact) mass is 1330 g/mol. The number of benzene rings is 1. The molecule has 0 aliphatic heterocycles. The van der Waals surface area contributed by atoms with Gasteiger partial charge in [-0.2, -0.15) is 25.5 Å². The molecule has 0 saturated heterocycles. The van der Waals surface area contributed by atoms with Gasteiger partial charge in [0.1, 0.15) is 17.5 Å². The standard InChI is InChI=1S/C8H10.4C7H9N.3C6H9N3.2C6H8N2.7C2H6/c1-7-4-3-5-8(2)6-7;1-6-3-7(2)5-8-4-6;2*1-6-3-4-8-7(2)5-6;1-6-4-3-5-7(2)8-6;3*1-4-5(2)8-9-6(3)7-4;1-5-3-8-6(2)4-7-5;1-5-3-4-6(2)8-7-5;7*1-2/h3-6H,1-2H3;4*3-5H,1-2H3;3*1-3H3;2*3-4H,1-2H3;7*1-2H3. The second kappa shape index (κ2) is 68.4. The summed E-state index contributed by atoms with van der Waals surface area (Å²) in [7, 11) is 0. The molecule has 97 heavy (non-hydrogen) atoms. The lowest BCUT2D eigenvalue weighted by Crippen LogP contribution is -1.97. The third-order valence-electron chi connectivity index (χ3n) is 10.8. The Morgan fingerprint density at radius 3 is 0.649 bits per heavy atom. The van der Waals surface area contributed by atoms with E-state index in [1.54, 1.807) is 12.4 Å². The van der Waals surface area contributed by atoms with Crippen LogP contribution in [0.1, 0.15) is 228 Å². The Kier molecular flexibility index (Phi) is 71.6. The number of pyridine rings is 4. The zero-order valence-corrected chi connectivity index (χ0v) is 67.6. The molecule has 9 aromatic heterocycles. The van der Waals surface area contributed by atoms with Gasteiger partial charge in [0.15, 0.2) is 0 Å². The molecule has 536 valence electrons. The van der Waals surface area contributed by atoms with E-state index in [2.05, 4.69) is 156 Å². The molecular weight excluding hydrogens is 1200 g/mol. The van der Waals surface area contributed by atoms with Crippen molar-refractivity contribution in [1.82, 2.24) is 85.6 Å². The predicted molar refractivity (Wildman–Crippen MR) is 415 cm³/mol. The molecule has 0 spiro atoms. The summed E-state index contributed by atoms with van der Waals surface area (Å²) in [5, 5.41) is 30.6. The van der Waals surface area contributed by atoms with E-state index in [0.717, 1.165) is 97.2 Å². The van der Waals surface area contributed by atoms with Crippen LogP contribution in [-0.4, -0.2) is 85.6 Å². The Morgan fingerprint density at radius 1 is 0.196 bits per heavy atom. The number of hydrogen-bond acceptors (Lipinski definition) is 17. The van der Waals surface area contributed by atoms with Gasteiger partial charge in [-0.3, -0.25) is 29.9 Å². The first-order valence-corrected chi connectivity index (χ1v) is 34.2. The predicted octanol–water partition coefficient (Wildman–Crippen LogP) is 20.9. The molecule has 1 aromatic carbocycles. The molecule has 9 heterocycles. The summed E-state index contributed by atoms with van der Waals surface area (Å²) >= 11 is 0. The van der Waals surface area contributed by atoms with Crippen LogP contribution >= 0.6 is 0 Å². The molecule has 0 aliphatic carbocycles. The second-order valence-electron chi connectivity index (χ2n) is 19.8.